The van der Waals surface area contributed by atoms with Crippen LogP contribution in [-0.2, 0) is 27.4 Å². The number of nitrogens with one attached hydrogen (secondary N) is 2. The molecule has 2 rings (SSSR count). The second-order valence-corrected chi connectivity index (χ2v) is 8.55. The second kappa shape index (κ2) is 11.9. The SMILES string of the molecule is CC(C)SC(NC(=O)[C@H](Cc1ccccc1)NC(=O)OCc1ccccc1)C(=O)O. The summed E-state index contributed by atoms with van der Waals surface area (Å²) in [7, 11) is 0. The molecule has 7 nitrogen and oxygen atoms in total. The summed E-state index contributed by atoms with van der Waals surface area (Å²) in [5.41, 5.74) is 1.64. The molecule has 0 heterocycles. The van der Waals surface area contributed by atoms with E-state index in [0.29, 0.717) is 0 Å². The summed E-state index contributed by atoms with van der Waals surface area (Å²) in [6, 6.07) is 17.3. The second-order valence-electron chi connectivity index (χ2n) is 6.86. The number of thioether (sulfide) groups is 1. The molecular formula is C22H26N2O5S. The minimum Gasteiger partial charge on any atom is -0.479 e. The molecule has 0 saturated carbocycles. The monoisotopic (exact) mass is 430 g/mol. The number of alkyl carbamates (subject to hydrolysis) is 1. The quantitative estimate of drug-likeness (QED) is 0.500. The van der Waals surface area contributed by atoms with Crippen LogP contribution in [0.15, 0.2) is 60.7 Å². The molecule has 160 valence electrons. The van der Waals surface area contributed by atoms with Gasteiger partial charge in [-0.3, -0.25) is 4.79 Å². The summed E-state index contributed by atoms with van der Waals surface area (Å²) in [4.78, 5) is 36.6. The average molecular weight is 431 g/mol. The van der Waals surface area contributed by atoms with Gasteiger partial charge in [0.2, 0.25) is 5.91 Å². The summed E-state index contributed by atoms with van der Waals surface area (Å²) in [6.07, 6.45) is -0.551. The van der Waals surface area contributed by atoms with Gasteiger partial charge in [-0.2, -0.15) is 0 Å². The van der Waals surface area contributed by atoms with Gasteiger partial charge in [0.25, 0.3) is 0 Å². The first-order valence-electron chi connectivity index (χ1n) is 9.55. The predicted octanol–water partition coefficient (Wildman–Crippen LogP) is 3.19. The van der Waals surface area contributed by atoms with Crippen LogP contribution in [0.2, 0.25) is 0 Å². The molecule has 0 aliphatic heterocycles. The molecule has 3 N–H and O–H groups in total. The molecule has 8 heteroatoms. The number of hydrogen-bond acceptors (Lipinski definition) is 5. The molecule has 0 saturated heterocycles. The van der Waals surface area contributed by atoms with Crippen LogP contribution in [0.3, 0.4) is 0 Å². The Hall–Kier alpha value is -3.00. The van der Waals surface area contributed by atoms with Gasteiger partial charge in [0, 0.05) is 11.7 Å². The average Bonchev–Trinajstić information content (AvgIpc) is 2.72. The highest BCUT2D eigenvalue weighted by molar-refractivity contribution is 8.01. The van der Waals surface area contributed by atoms with E-state index in [1.54, 1.807) is 0 Å². The van der Waals surface area contributed by atoms with E-state index in [9.17, 15) is 19.5 Å². The molecule has 2 aromatic carbocycles. The molecule has 2 amide bonds. The van der Waals surface area contributed by atoms with Gasteiger partial charge in [-0.05, 0) is 11.1 Å². The van der Waals surface area contributed by atoms with Gasteiger partial charge in [-0.15, -0.1) is 11.8 Å². The molecule has 0 radical (unpaired) electrons. The smallest absolute Gasteiger partial charge is 0.408 e. The molecular weight excluding hydrogens is 404 g/mol. The Bertz CT molecular complexity index is 830. The van der Waals surface area contributed by atoms with E-state index in [2.05, 4.69) is 10.6 Å². The third kappa shape index (κ3) is 8.16. The Balaban J connectivity index is 2.06. The molecule has 0 aliphatic rings. The molecule has 0 spiro atoms. The van der Waals surface area contributed by atoms with E-state index in [0.717, 1.165) is 22.9 Å². The van der Waals surface area contributed by atoms with Crippen LogP contribution in [0.4, 0.5) is 4.79 Å². The van der Waals surface area contributed by atoms with E-state index in [-0.39, 0.29) is 18.3 Å². The lowest BCUT2D eigenvalue weighted by Gasteiger charge is -2.22. The lowest BCUT2D eigenvalue weighted by molar-refractivity contribution is -0.139. The van der Waals surface area contributed by atoms with Crippen LogP contribution in [0.25, 0.3) is 0 Å². The number of carbonyl (C=O) groups is 3. The maximum atomic E-state index is 12.8. The van der Waals surface area contributed by atoms with E-state index >= 15 is 0 Å². The normalized spacial score (nSPS) is 12.6. The zero-order valence-corrected chi connectivity index (χ0v) is 17.7. The Morgan fingerprint density at radius 1 is 0.933 bits per heavy atom. The first-order chi connectivity index (χ1) is 14.3. The van der Waals surface area contributed by atoms with Crippen molar-refractivity contribution in [3.8, 4) is 0 Å². The van der Waals surface area contributed by atoms with Crippen LogP contribution in [0.1, 0.15) is 25.0 Å². The molecule has 0 aromatic heterocycles. The summed E-state index contributed by atoms with van der Waals surface area (Å²) in [6.45, 7) is 3.74. The number of hydrogen-bond donors (Lipinski definition) is 3. The number of aliphatic carboxylic acids is 1. The minimum absolute atomic E-state index is 0.00257. The molecule has 30 heavy (non-hydrogen) atoms. The number of carboxylic acid groups (broad SMARTS) is 1. The van der Waals surface area contributed by atoms with Gasteiger partial charge < -0.3 is 20.5 Å². The highest BCUT2D eigenvalue weighted by Crippen LogP contribution is 2.16. The Kier molecular flexibility index (Phi) is 9.21. The van der Waals surface area contributed by atoms with E-state index in [1.807, 2.05) is 74.5 Å². The van der Waals surface area contributed by atoms with Gasteiger partial charge in [-0.1, -0.05) is 74.5 Å². The number of carboxylic acids is 1. The largest absolute Gasteiger partial charge is 0.479 e. The third-order valence-electron chi connectivity index (χ3n) is 4.01. The van der Waals surface area contributed by atoms with Crippen LogP contribution in [0, 0.1) is 0 Å². The summed E-state index contributed by atoms with van der Waals surface area (Å²) in [5, 5.41) is 13.3. The zero-order chi connectivity index (χ0) is 21.9. The first-order valence-corrected chi connectivity index (χ1v) is 10.5. The van der Waals surface area contributed by atoms with Gasteiger partial charge >= 0.3 is 12.1 Å². The van der Waals surface area contributed by atoms with Crippen molar-refractivity contribution in [2.75, 3.05) is 0 Å². The molecule has 1 unspecified atom stereocenters. The van der Waals surface area contributed by atoms with Crippen molar-refractivity contribution in [2.45, 2.75) is 43.5 Å². The standard InChI is InChI=1S/C22H26N2O5S/c1-15(2)30-20(21(26)27)24-19(25)18(13-16-9-5-3-6-10-16)23-22(28)29-14-17-11-7-4-8-12-17/h3-12,15,18,20H,13-14H2,1-2H3,(H,23,28)(H,24,25)(H,26,27)/t18-,20?/m0/s1. The minimum atomic E-state index is -1.15. The maximum absolute atomic E-state index is 12.8. The Labute approximate surface area is 180 Å². The fourth-order valence-electron chi connectivity index (χ4n) is 2.62. The number of rotatable bonds is 10. The van der Waals surface area contributed by atoms with Gasteiger partial charge in [0.1, 0.15) is 12.6 Å². The van der Waals surface area contributed by atoms with Crippen molar-refractivity contribution in [2.24, 2.45) is 0 Å². The lowest BCUT2D eigenvalue weighted by atomic mass is 10.1. The van der Waals surface area contributed by atoms with Gasteiger partial charge in [0.15, 0.2) is 5.37 Å². The number of ether oxygens (including phenoxy) is 1. The lowest BCUT2D eigenvalue weighted by Crippen LogP contribution is -2.52. The van der Waals surface area contributed by atoms with Crippen LogP contribution in [-0.4, -0.2) is 39.7 Å². The van der Waals surface area contributed by atoms with Crippen molar-refractivity contribution < 1.29 is 24.2 Å². The van der Waals surface area contributed by atoms with Gasteiger partial charge in [-0.25, -0.2) is 9.59 Å². The number of carbonyl (C=O) groups excluding carboxylic acids is 2. The van der Waals surface area contributed by atoms with Crippen LogP contribution >= 0.6 is 11.8 Å². The third-order valence-corrected chi connectivity index (χ3v) is 5.15. The van der Waals surface area contributed by atoms with Crippen molar-refractivity contribution in [3.05, 3.63) is 71.8 Å². The van der Waals surface area contributed by atoms with Crippen LogP contribution in [0.5, 0.6) is 0 Å². The topological polar surface area (TPSA) is 105 Å². The number of amides is 2. The van der Waals surface area contributed by atoms with Crippen molar-refractivity contribution in [1.82, 2.24) is 10.6 Å². The Morgan fingerprint density at radius 2 is 1.50 bits per heavy atom. The predicted molar refractivity (Wildman–Crippen MR) is 116 cm³/mol. The fourth-order valence-corrected chi connectivity index (χ4v) is 3.47. The molecule has 0 aliphatic carbocycles. The number of benzene rings is 2. The molecule has 0 fully saturated rings. The highest BCUT2D eigenvalue weighted by atomic mass is 32.2. The zero-order valence-electron chi connectivity index (χ0n) is 16.9. The highest BCUT2D eigenvalue weighted by Gasteiger charge is 2.28. The molecule has 0 bridgehead atoms. The van der Waals surface area contributed by atoms with Crippen LogP contribution < -0.4 is 10.6 Å². The summed E-state index contributed by atoms with van der Waals surface area (Å²) >= 11 is 1.11. The van der Waals surface area contributed by atoms with E-state index < -0.39 is 29.4 Å². The van der Waals surface area contributed by atoms with E-state index in [1.165, 1.54) is 0 Å². The van der Waals surface area contributed by atoms with Crippen molar-refractivity contribution in [3.63, 3.8) is 0 Å². The Morgan fingerprint density at radius 3 is 2.03 bits per heavy atom. The van der Waals surface area contributed by atoms with Crippen molar-refractivity contribution in [1.29, 1.82) is 0 Å². The summed E-state index contributed by atoms with van der Waals surface area (Å²) in [5.74, 6) is -1.73. The van der Waals surface area contributed by atoms with Crippen molar-refractivity contribution >= 4 is 29.7 Å². The van der Waals surface area contributed by atoms with E-state index in [4.69, 9.17) is 4.74 Å². The maximum Gasteiger partial charge on any atom is 0.408 e. The molecule has 2 atom stereocenters. The first kappa shape index (κ1) is 23.3. The molecule has 2 aromatic rings. The van der Waals surface area contributed by atoms with Gasteiger partial charge in [0.05, 0.1) is 0 Å². The summed E-state index contributed by atoms with van der Waals surface area (Å²) < 4.78 is 5.21. The fraction of sp³-hybridized carbons (Fsp3) is 0.318.